The smallest absolute Gasteiger partial charge is 0.277 e. The third kappa shape index (κ3) is 2.02. The molecule has 0 saturated heterocycles. The molecule has 0 saturated carbocycles. The Balaban J connectivity index is 2.19. The number of hydrogen-bond acceptors (Lipinski definition) is 4. The number of aromatic nitrogens is 2. The van der Waals surface area contributed by atoms with Crippen LogP contribution in [0, 0.1) is 0 Å². The minimum absolute atomic E-state index is 0.282. The Hall–Kier alpha value is -2.47. The lowest BCUT2D eigenvalue weighted by Gasteiger charge is -1.99. The lowest BCUT2D eigenvalue weighted by molar-refractivity contribution is -0.106. The number of thiophene rings is 1. The zero-order valence-corrected chi connectivity index (χ0v) is 10.6. The van der Waals surface area contributed by atoms with Crippen molar-refractivity contribution in [2.75, 3.05) is 5.43 Å². The summed E-state index contributed by atoms with van der Waals surface area (Å²) >= 11 is 1.45. The Bertz CT molecular complexity index is 793. The summed E-state index contributed by atoms with van der Waals surface area (Å²) in [6.45, 7) is 0. The van der Waals surface area contributed by atoms with Crippen LogP contribution in [-0.4, -0.2) is 16.1 Å². The van der Waals surface area contributed by atoms with Crippen LogP contribution >= 0.6 is 11.3 Å². The number of nitrogens with one attached hydrogen (secondary N) is 1. The highest BCUT2D eigenvalue weighted by Gasteiger charge is 2.09. The van der Waals surface area contributed by atoms with Crippen LogP contribution in [0.2, 0.25) is 0 Å². The van der Waals surface area contributed by atoms with Gasteiger partial charge in [-0.15, -0.1) is 11.3 Å². The second kappa shape index (κ2) is 4.66. The minimum atomic E-state index is -0.282. The van der Waals surface area contributed by atoms with Crippen molar-refractivity contribution in [1.82, 2.24) is 9.66 Å². The number of amides is 1. The molecule has 3 rings (SSSR count). The molecule has 0 atom stereocenters. The van der Waals surface area contributed by atoms with Gasteiger partial charge in [0.25, 0.3) is 5.56 Å². The number of nitrogens with zero attached hydrogens (tertiary/aromatic N) is 2. The predicted molar refractivity (Wildman–Crippen MR) is 74.7 cm³/mol. The first-order valence-electron chi connectivity index (χ1n) is 5.56. The highest BCUT2D eigenvalue weighted by molar-refractivity contribution is 7.21. The molecule has 5 nitrogen and oxygen atoms in total. The van der Waals surface area contributed by atoms with Gasteiger partial charge in [-0.05, 0) is 11.6 Å². The number of carbonyl (C=O) groups is 1. The van der Waals surface area contributed by atoms with Gasteiger partial charge in [-0.1, -0.05) is 30.3 Å². The maximum Gasteiger partial charge on any atom is 0.280 e. The highest BCUT2D eigenvalue weighted by Crippen LogP contribution is 2.30. The van der Waals surface area contributed by atoms with Gasteiger partial charge in [0, 0.05) is 4.88 Å². The summed E-state index contributed by atoms with van der Waals surface area (Å²) in [5.41, 5.74) is 3.04. The number of fused-ring (bicyclic) bond motifs is 1. The summed E-state index contributed by atoms with van der Waals surface area (Å²) in [4.78, 5) is 28.3. The monoisotopic (exact) mass is 271 g/mol. The molecule has 1 N–H and O–H groups in total. The van der Waals surface area contributed by atoms with E-state index >= 15 is 0 Å². The maximum atomic E-state index is 12.1. The van der Waals surface area contributed by atoms with E-state index in [0.717, 1.165) is 15.1 Å². The molecule has 0 bridgehead atoms. The standard InChI is InChI=1S/C13H9N3O2S/c17-8-15-16-7-14-12-10(13(16)18)6-11(19-12)9-4-2-1-3-5-9/h1-8H,(H,15,17). The average Bonchev–Trinajstić information content (AvgIpc) is 2.88. The van der Waals surface area contributed by atoms with Gasteiger partial charge >= 0.3 is 0 Å². The summed E-state index contributed by atoms with van der Waals surface area (Å²) in [5.74, 6) is 0. The van der Waals surface area contributed by atoms with Gasteiger partial charge in [-0.3, -0.25) is 15.0 Å². The normalized spacial score (nSPS) is 10.5. The van der Waals surface area contributed by atoms with Crippen molar-refractivity contribution in [3.8, 4) is 10.4 Å². The van der Waals surface area contributed by atoms with Gasteiger partial charge in [-0.25, -0.2) is 9.66 Å². The van der Waals surface area contributed by atoms with Crippen LogP contribution in [0.1, 0.15) is 0 Å². The van der Waals surface area contributed by atoms with Gasteiger partial charge in [0.2, 0.25) is 6.41 Å². The summed E-state index contributed by atoms with van der Waals surface area (Å²) in [6.07, 6.45) is 1.75. The van der Waals surface area contributed by atoms with E-state index in [1.807, 2.05) is 30.3 Å². The first-order valence-corrected chi connectivity index (χ1v) is 6.38. The Morgan fingerprint density at radius 3 is 2.79 bits per heavy atom. The van der Waals surface area contributed by atoms with Crippen molar-refractivity contribution in [3.05, 3.63) is 53.1 Å². The van der Waals surface area contributed by atoms with Crippen LogP contribution in [0.5, 0.6) is 0 Å². The highest BCUT2D eigenvalue weighted by atomic mass is 32.1. The molecule has 3 aromatic rings. The summed E-state index contributed by atoms with van der Waals surface area (Å²) in [5, 5.41) is 0.501. The van der Waals surface area contributed by atoms with Gasteiger partial charge in [0.05, 0.1) is 5.39 Å². The molecule has 1 aromatic carbocycles. The first-order chi connectivity index (χ1) is 9.29. The van der Waals surface area contributed by atoms with Crippen molar-refractivity contribution in [2.45, 2.75) is 0 Å². The number of rotatable bonds is 3. The second-order valence-electron chi connectivity index (χ2n) is 3.86. The van der Waals surface area contributed by atoms with E-state index in [-0.39, 0.29) is 5.56 Å². The fourth-order valence-electron chi connectivity index (χ4n) is 1.82. The lowest BCUT2D eigenvalue weighted by atomic mass is 10.2. The summed E-state index contributed by atoms with van der Waals surface area (Å²) < 4.78 is 1.07. The van der Waals surface area contributed by atoms with E-state index in [1.165, 1.54) is 17.7 Å². The Morgan fingerprint density at radius 2 is 2.05 bits per heavy atom. The molecular formula is C13H9N3O2S. The van der Waals surface area contributed by atoms with Gasteiger partial charge in [-0.2, -0.15) is 0 Å². The minimum Gasteiger partial charge on any atom is -0.277 e. The molecular weight excluding hydrogens is 262 g/mol. The quantitative estimate of drug-likeness (QED) is 0.739. The second-order valence-corrected chi connectivity index (χ2v) is 4.89. The third-order valence-electron chi connectivity index (χ3n) is 2.70. The SMILES string of the molecule is O=CNn1cnc2sc(-c3ccccc3)cc2c1=O. The van der Waals surface area contributed by atoms with Crippen LogP contribution in [0.15, 0.2) is 47.5 Å². The van der Waals surface area contributed by atoms with Gasteiger partial charge in [0.15, 0.2) is 0 Å². The topological polar surface area (TPSA) is 64.0 Å². The van der Waals surface area contributed by atoms with Crippen molar-refractivity contribution >= 4 is 28.0 Å². The van der Waals surface area contributed by atoms with Crippen molar-refractivity contribution in [2.24, 2.45) is 0 Å². The fraction of sp³-hybridized carbons (Fsp3) is 0. The van der Waals surface area contributed by atoms with E-state index < -0.39 is 0 Å². The van der Waals surface area contributed by atoms with Crippen molar-refractivity contribution in [1.29, 1.82) is 0 Å². The Labute approximate surface area is 112 Å². The molecule has 2 heterocycles. The molecule has 0 aliphatic rings. The Morgan fingerprint density at radius 1 is 1.26 bits per heavy atom. The van der Waals surface area contributed by atoms with Gasteiger partial charge in [0.1, 0.15) is 11.2 Å². The molecule has 19 heavy (non-hydrogen) atoms. The van der Waals surface area contributed by atoms with Gasteiger partial charge < -0.3 is 0 Å². The van der Waals surface area contributed by atoms with Crippen molar-refractivity contribution in [3.63, 3.8) is 0 Å². The van der Waals surface area contributed by atoms with Crippen LogP contribution in [0.3, 0.4) is 0 Å². The molecule has 1 amide bonds. The molecule has 6 heteroatoms. The molecule has 0 spiro atoms. The average molecular weight is 271 g/mol. The van der Waals surface area contributed by atoms with E-state index in [4.69, 9.17) is 0 Å². The number of carbonyl (C=O) groups excluding carboxylic acids is 1. The lowest BCUT2D eigenvalue weighted by Crippen LogP contribution is -2.27. The molecule has 0 aliphatic heterocycles. The zero-order chi connectivity index (χ0) is 13.2. The molecule has 94 valence electrons. The van der Waals surface area contributed by atoms with Crippen LogP contribution in [-0.2, 0) is 4.79 Å². The van der Waals surface area contributed by atoms with E-state index in [0.29, 0.717) is 16.6 Å². The van der Waals surface area contributed by atoms with E-state index in [1.54, 1.807) is 6.07 Å². The molecule has 0 aliphatic carbocycles. The third-order valence-corrected chi connectivity index (χ3v) is 3.79. The van der Waals surface area contributed by atoms with Crippen LogP contribution in [0.4, 0.5) is 0 Å². The molecule has 2 aromatic heterocycles. The predicted octanol–water partition coefficient (Wildman–Crippen LogP) is 1.82. The maximum absolute atomic E-state index is 12.1. The van der Waals surface area contributed by atoms with Crippen molar-refractivity contribution < 1.29 is 4.79 Å². The first kappa shape index (κ1) is 11.6. The number of hydrogen-bond donors (Lipinski definition) is 1. The molecule has 0 fully saturated rings. The Kier molecular flexibility index (Phi) is 2.85. The van der Waals surface area contributed by atoms with E-state index in [9.17, 15) is 9.59 Å². The van der Waals surface area contributed by atoms with Crippen LogP contribution in [0.25, 0.3) is 20.7 Å². The summed E-state index contributed by atoms with van der Waals surface area (Å²) in [7, 11) is 0. The number of benzene rings is 1. The molecule has 0 radical (unpaired) electrons. The largest absolute Gasteiger partial charge is 0.280 e. The molecule has 0 unspecified atom stereocenters. The van der Waals surface area contributed by atoms with Crippen LogP contribution < -0.4 is 11.0 Å². The van der Waals surface area contributed by atoms with E-state index in [2.05, 4.69) is 10.4 Å². The zero-order valence-electron chi connectivity index (χ0n) is 9.74. The summed E-state index contributed by atoms with van der Waals surface area (Å²) in [6, 6.07) is 11.6. The fourth-order valence-corrected chi connectivity index (χ4v) is 2.81.